The van der Waals surface area contributed by atoms with Gasteiger partial charge in [-0.2, -0.15) is 0 Å². The van der Waals surface area contributed by atoms with Gasteiger partial charge in [0.05, 0.1) is 16.8 Å². The summed E-state index contributed by atoms with van der Waals surface area (Å²) in [7, 11) is 5.66. The van der Waals surface area contributed by atoms with E-state index in [-0.39, 0.29) is 23.9 Å². The maximum absolute atomic E-state index is 14.8. The normalized spacial score (nSPS) is 19.6. The zero-order chi connectivity index (χ0) is 20.9. The summed E-state index contributed by atoms with van der Waals surface area (Å²) in [5.74, 6) is 1.45. The van der Waals surface area contributed by atoms with Crippen LogP contribution in [-0.2, 0) is 9.53 Å². The van der Waals surface area contributed by atoms with Crippen LogP contribution in [0.4, 0.5) is 15.9 Å². The molecule has 8 heteroatoms. The number of ether oxygens (including phenoxy) is 1. The van der Waals surface area contributed by atoms with E-state index in [1.165, 1.54) is 11.0 Å². The van der Waals surface area contributed by atoms with E-state index >= 15 is 0 Å². The summed E-state index contributed by atoms with van der Waals surface area (Å²) in [5.41, 5.74) is 1.45. The minimum Gasteiger partial charge on any atom is -0.366 e. The van der Waals surface area contributed by atoms with Crippen molar-refractivity contribution in [3.8, 4) is 0 Å². The Bertz CT molecular complexity index is 1040. The first kappa shape index (κ1) is 19.5. The van der Waals surface area contributed by atoms with Crippen molar-refractivity contribution in [1.82, 2.24) is 9.88 Å². The second kappa shape index (κ2) is 7.22. The van der Waals surface area contributed by atoms with Gasteiger partial charge in [-0.15, -0.1) is 0 Å². The van der Waals surface area contributed by atoms with Gasteiger partial charge in [-0.1, -0.05) is 0 Å². The van der Waals surface area contributed by atoms with Gasteiger partial charge in [0.15, 0.2) is 6.10 Å². The predicted octanol–water partition coefficient (Wildman–Crippen LogP) is 1.88. The second-order valence-electron chi connectivity index (χ2n) is 7.62. The summed E-state index contributed by atoms with van der Waals surface area (Å²) >= 11 is 0. The van der Waals surface area contributed by atoms with Crippen LogP contribution in [0.1, 0.15) is 17.3 Å². The Labute approximate surface area is 168 Å². The lowest BCUT2D eigenvalue weighted by Crippen LogP contribution is -2.57. The van der Waals surface area contributed by atoms with Crippen LogP contribution in [0.2, 0.25) is 0 Å². The number of aromatic nitrogens is 1. The molecule has 7 nitrogen and oxygen atoms in total. The number of rotatable bonds is 4. The first-order valence-electron chi connectivity index (χ1n) is 9.55. The minimum absolute atomic E-state index is 0.0927. The van der Waals surface area contributed by atoms with Crippen molar-refractivity contribution in [2.45, 2.75) is 19.1 Å². The molecule has 3 heterocycles. The molecule has 2 aromatic rings. The van der Waals surface area contributed by atoms with Gasteiger partial charge >= 0.3 is 0 Å². The number of pyridine rings is 1. The number of fused-ring (bicyclic) bond motifs is 2. The molecule has 2 aliphatic rings. The van der Waals surface area contributed by atoms with E-state index in [0.717, 1.165) is 13.1 Å². The Kier molecular flexibility index (Phi) is 4.86. The highest BCUT2D eigenvalue weighted by molar-refractivity contribution is 6.11. The highest BCUT2D eigenvalue weighted by Crippen LogP contribution is 2.35. The highest BCUT2D eigenvalue weighted by Gasteiger charge is 2.38. The molecule has 1 saturated heterocycles. The number of likely N-dealkylation sites (N-methyl/N-ethyl adjacent to an activating group) is 2. The van der Waals surface area contributed by atoms with Crippen LogP contribution in [0.5, 0.6) is 0 Å². The maximum Gasteiger partial charge on any atom is 0.202 e. The summed E-state index contributed by atoms with van der Waals surface area (Å²) < 4.78 is 20.2. The first-order chi connectivity index (χ1) is 13.8. The monoisotopic (exact) mass is 398 g/mol. The fourth-order valence-electron chi connectivity index (χ4n) is 3.83. The summed E-state index contributed by atoms with van der Waals surface area (Å²) in [6, 6.07) is 5.12. The average Bonchev–Trinajstić information content (AvgIpc) is 2.64. The van der Waals surface area contributed by atoms with E-state index in [1.54, 1.807) is 26.1 Å². The number of carbonyl (C=O) groups excluding carboxylic acids is 2. The SMILES string of the molecule is CCOC1C(=O)c2cc3cc(F)c(N4CC(N(C)C)C4)cc3nc2N(C)C1=C=O. The molecule has 0 bridgehead atoms. The van der Waals surface area contributed by atoms with Crippen LogP contribution in [0.15, 0.2) is 23.9 Å². The molecule has 0 radical (unpaired) electrons. The minimum atomic E-state index is -1.03. The highest BCUT2D eigenvalue weighted by atomic mass is 19.1. The van der Waals surface area contributed by atoms with Gasteiger partial charge in [0.1, 0.15) is 23.3 Å². The van der Waals surface area contributed by atoms with E-state index in [2.05, 4.69) is 9.88 Å². The van der Waals surface area contributed by atoms with Gasteiger partial charge in [-0.05, 0) is 39.2 Å². The Morgan fingerprint density at radius 1 is 1.31 bits per heavy atom. The smallest absolute Gasteiger partial charge is 0.202 e. The van der Waals surface area contributed by atoms with Crippen molar-refractivity contribution in [3.05, 3.63) is 35.3 Å². The molecule has 1 unspecified atom stereocenters. The summed E-state index contributed by atoms with van der Waals surface area (Å²) in [5, 5.41) is 0.533. The second-order valence-corrected chi connectivity index (χ2v) is 7.62. The van der Waals surface area contributed by atoms with Gasteiger partial charge < -0.3 is 19.4 Å². The molecule has 0 saturated carbocycles. The molecular weight excluding hydrogens is 375 g/mol. The third-order valence-electron chi connectivity index (χ3n) is 5.67. The average molecular weight is 398 g/mol. The molecule has 1 atom stereocenters. The van der Waals surface area contributed by atoms with Crippen molar-refractivity contribution < 1.29 is 18.7 Å². The van der Waals surface area contributed by atoms with Gasteiger partial charge in [-0.25, -0.2) is 14.2 Å². The van der Waals surface area contributed by atoms with Crippen molar-refractivity contribution in [2.24, 2.45) is 0 Å². The van der Waals surface area contributed by atoms with Gasteiger partial charge in [-0.3, -0.25) is 4.79 Å². The van der Waals surface area contributed by atoms with Crippen LogP contribution >= 0.6 is 0 Å². The molecule has 29 heavy (non-hydrogen) atoms. The van der Waals surface area contributed by atoms with Crippen molar-refractivity contribution in [3.63, 3.8) is 0 Å². The van der Waals surface area contributed by atoms with Gasteiger partial charge in [0, 0.05) is 38.2 Å². The lowest BCUT2D eigenvalue weighted by atomic mass is 9.97. The Balaban J connectivity index is 1.78. The van der Waals surface area contributed by atoms with Crippen LogP contribution in [0, 0.1) is 5.82 Å². The molecule has 0 amide bonds. The number of halogens is 1. The lowest BCUT2D eigenvalue weighted by molar-refractivity contribution is 0.0559. The molecule has 1 aromatic carbocycles. The van der Waals surface area contributed by atoms with E-state index in [4.69, 9.17) is 4.74 Å². The zero-order valence-electron chi connectivity index (χ0n) is 16.9. The molecular formula is C21H23FN4O3. The third kappa shape index (κ3) is 3.09. The molecule has 0 spiro atoms. The first-order valence-corrected chi connectivity index (χ1v) is 9.55. The lowest BCUT2D eigenvalue weighted by Gasteiger charge is -2.44. The van der Waals surface area contributed by atoms with Crippen molar-refractivity contribution in [1.29, 1.82) is 0 Å². The molecule has 0 N–H and O–H groups in total. The quantitative estimate of drug-likeness (QED) is 0.729. The van der Waals surface area contributed by atoms with Crippen LogP contribution in [0.25, 0.3) is 10.9 Å². The number of ketones is 1. The maximum atomic E-state index is 14.8. The number of nitrogens with zero attached hydrogens (tertiary/aromatic N) is 4. The number of benzene rings is 1. The van der Waals surface area contributed by atoms with Crippen LogP contribution < -0.4 is 9.80 Å². The summed E-state index contributed by atoms with van der Waals surface area (Å²) in [6.45, 7) is 3.50. The molecule has 1 aromatic heterocycles. The molecule has 0 aliphatic carbocycles. The number of Topliss-reactive ketones (excluding diaryl/α,β-unsaturated/α-hetero) is 1. The fourth-order valence-corrected chi connectivity index (χ4v) is 3.83. The molecule has 152 valence electrons. The molecule has 4 rings (SSSR count). The third-order valence-corrected chi connectivity index (χ3v) is 5.67. The van der Waals surface area contributed by atoms with Gasteiger partial charge in [0.2, 0.25) is 5.78 Å². The van der Waals surface area contributed by atoms with E-state index < -0.39 is 6.10 Å². The van der Waals surface area contributed by atoms with E-state index in [9.17, 15) is 14.0 Å². The molecule has 1 fully saturated rings. The van der Waals surface area contributed by atoms with Gasteiger partial charge in [0.25, 0.3) is 0 Å². The number of hydrogen-bond acceptors (Lipinski definition) is 7. The Hall–Kier alpha value is -2.80. The standard InChI is InChI=1S/C21H23FN4O3/c1-5-29-20-18(11-27)25(4)21-14(19(20)28)6-12-7-15(22)17(8-16(12)23-21)26-9-13(10-26)24(2)3/h6-8,13,20H,5,9-10H2,1-4H3. The largest absolute Gasteiger partial charge is 0.366 e. The Morgan fingerprint density at radius 2 is 2.03 bits per heavy atom. The topological polar surface area (TPSA) is 66.0 Å². The number of anilines is 2. The van der Waals surface area contributed by atoms with E-state index in [1.807, 2.05) is 24.9 Å². The van der Waals surface area contributed by atoms with Crippen molar-refractivity contribution >= 4 is 34.1 Å². The Morgan fingerprint density at radius 3 is 2.66 bits per heavy atom. The van der Waals surface area contributed by atoms with Crippen LogP contribution in [0.3, 0.4) is 0 Å². The molecule has 2 aliphatic heterocycles. The van der Waals surface area contributed by atoms with E-state index in [0.29, 0.717) is 34.0 Å². The number of carbonyl (C=O) groups is 1. The summed E-state index contributed by atoms with van der Waals surface area (Å²) in [6.07, 6.45) is -1.03. The fraction of sp³-hybridized carbons (Fsp3) is 0.429. The number of hydrogen-bond donors (Lipinski definition) is 0. The zero-order valence-corrected chi connectivity index (χ0v) is 16.9. The van der Waals surface area contributed by atoms with Crippen LogP contribution in [-0.4, -0.2) is 74.6 Å². The summed E-state index contributed by atoms with van der Waals surface area (Å²) in [4.78, 5) is 34.5. The van der Waals surface area contributed by atoms with Crippen molar-refractivity contribution in [2.75, 3.05) is 50.6 Å². The predicted molar refractivity (Wildman–Crippen MR) is 109 cm³/mol.